The van der Waals surface area contributed by atoms with Gasteiger partial charge >= 0.3 is 5.97 Å². The fourth-order valence-electron chi connectivity index (χ4n) is 2.51. The summed E-state index contributed by atoms with van der Waals surface area (Å²) < 4.78 is 26.0. The van der Waals surface area contributed by atoms with Crippen LogP contribution in [-0.4, -0.2) is 29.5 Å². The van der Waals surface area contributed by atoms with Crippen molar-refractivity contribution in [2.75, 3.05) is 6.54 Å². The minimum atomic E-state index is -2.65. The molecule has 1 rings (SSSR count). The van der Waals surface area contributed by atoms with Gasteiger partial charge < -0.3 is 10.4 Å². The molecule has 116 valence electrons. The highest BCUT2D eigenvalue weighted by Crippen LogP contribution is 2.36. The van der Waals surface area contributed by atoms with Crippen molar-refractivity contribution in [3.63, 3.8) is 0 Å². The molecule has 0 aromatic rings. The van der Waals surface area contributed by atoms with Crippen LogP contribution in [0, 0.1) is 17.8 Å². The molecular formula is C14H23F2NO3. The Morgan fingerprint density at radius 1 is 1.30 bits per heavy atom. The topological polar surface area (TPSA) is 66.4 Å². The van der Waals surface area contributed by atoms with Gasteiger partial charge in [-0.2, -0.15) is 0 Å². The Kier molecular flexibility index (Phi) is 5.89. The van der Waals surface area contributed by atoms with Crippen LogP contribution in [0.5, 0.6) is 0 Å². The van der Waals surface area contributed by atoms with Gasteiger partial charge in [0.25, 0.3) is 0 Å². The molecule has 0 aromatic carbocycles. The quantitative estimate of drug-likeness (QED) is 0.790. The zero-order valence-electron chi connectivity index (χ0n) is 12.0. The van der Waals surface area contributed by atoms with E-state index in [1.165, 1.54) is 0 Å². The number of amides is 1. The first-order valence-corrected chi connectivity index (χ1v) is 7.09. The Morgan fingerprint density at radius 3 is 2.30 bits per heavy atom. The Bertz CT molecular complexity index is 348. The lowest BCUT2D eigenvalue weighted by Gasteiger charge is -2.27. The minimum absolute atomic E-state index is 0.0687. The molecule has 0 radical (unpaired) electrons. The van der Waals surface area contributed by atoms with E-state index in [4.69, 9.17) is 5.11 Å². The summed E-state index contributed by atoms with van der Waals surface area (Å²) in [6.45, 7) is 3.90. The predicted octanol–water partition coefficient (Wildman–Crippen LogP) is 2.68. The van der Waals surface area contributed by atoms with Gasteiger partial charge in [0.2, 0.25) is 11.8 Å². The van der Waals surface area contributed by atoms with Gasteiger partial charge in [0, 0.05) is 25.3 Å². The monoisotopic (exact) mass is 291 g/mol. The van der Waals surface area contributed by atoms with Gasteiger partial charge in [-0.15, -0.1) is 0 Å². The Labute approximate surface area is 117 Å². The van der Waals surface area contributed by atoms with E-state index < -0.39 is 23.7 Å². The van der Waals surface area contributed by atoms with Gasteiger partial charge in [0.05, 0.1) is 5.92 Å². The molecule has 1 aliphatic rings. The molecule has 0 aromatic heterocycles. The standard InChI is InChI=1S/C14H23F2NO3/c1-9(2)7-11(13(19)20)8-17-12(18)10-3-5-14(15,16)6-4-10/h9-11H,3-8H2,1-2H3,(H,17,18)(H,19,20). The summed E-state index contributed by atoms with van der Waals surface area (Å²) in [6.07, 6.45) is 0.290. The molecule has 0 heterocycles. The third-order valence-corrected chi connectivity index (χ3v) is 3.72. The van der Waals surface area contributed by atoms with Crippen molar-refractivity contribution in [1.29, 1.82) is 0 Å². The van der Waals surface area contributed by atoms with Crippen molar-refractivity contribution in [1.82, 2.24) is 5.32 Å². The van der Waals surface area contributed by atoms with Crippen LogP contribution in [0.1, 0.15) is 46.0 Å². The second-order valence-corrected chi connectivity index (χ2v) is 6.04. The van der Waals surface area contributed by atoms with Crippen LogP contribution in [0.4, 0.5) is 8.78 Å². The zero-order valence-corrected chi connectivity index (χ0v) is 12.0. The number of halogens is 2. The van der Waals surface area contributed by atoms with Crippen molar-refractivity contribution in [2.45, 2.75) is 51.9 Å². The highest BCUT2D eigenvalue weighted by Gasteiger charge is 2.37. The van der Waals surface area contributed by atoms with Crippen LogP contribution < -0.4 is 5.32 Å². The first kappa shape index (κ1) is 16.9. The maximum Gasteiger partial charge on any atom is 0.308 e. The molecular weight excluding hydrogens is 268 g/mol. The number of alkyl halides is 2. The second-order valence-electron chi connectivity index (χ2n) is 6.04. The summed E-state index contributed by atoms with van der Waals surface area (Å²) in [5.41, 5.74) is 0. The fourth-order valence-corrected chi connectivity index (χ4v) is 2.51. The number of carboxylic acid groups (broad SMARTS) is 1. The number of nitrogens with one attached hydrogen (secondary N) is 1. The third kappa shape index (κ3) is 5.43. The zero-order chi connectivity index (χ0) is 15.3. The largest absolute Gasteiger partial charge is 0.481 e. The Hall–Kier alpha value is -1.20. The van der Waals surface area contributed by atoms with Crippen LogP contribution in [0.2, 0.25) is 0 Å². The summed E-state index contributed by atoms with van der Waals surface area (Å²) >= 11 is 0. The molecule has 1 fully saturated rings. The molecule has 1 atom stereocenters. The van der Waals surface area contributed by atoms with E-state index >= 15 is 0 Å². The van der Waals surface area contributed by atoms with E-state index in [9.17, 15) is 18.4 Å². The van der Waals surface area contributed by atoms with E-state index in [1.807, 2.05) is 13.8 Å². The number of rotatable bonds is 6. The molecule has 1 unspecified atom stereocenters. The van der Waals surface area contributed by atoms with Gasteiger partial charge in [-0.25, -0.2) is 8.78 Å². The smallest absolute Gasteiger partial charge is 0.308 e. The van der Waals surface area contributed by atoms with Crippen molar-refractivity contribution >= 4 is 11.9 Å². The molecule has 0 spiro atoms. The molecule has 6 heteroatoms. The Balaban J connectivity index is 2.40. The fraction of sp³-hybridized carbons (Fsp3) is 0.857. The predicted molar refractivity (Wildman–Crippen MR) is 70.5 cm³/mol. The summed E-state index contributed by atoms with van der Waals surface area (Å²) in [5, 5.41) is 11.7. The van der Waals surface area contributed by atoms with Gasteiger partial charge in [0.15, 0.2) is 0 Å². The SMILES string of the molecule is CC(C)CC(CNC(=O)C1CCC(F)(F)CC1)C(=O)O. The van der Waals surface area contributed by atoms with E-state index in [-0.39, 0.29) is 44.1 Å². The number of aliphatic carboxylic acids is 1. The van der Waals surface area contributed by atoms with Crippen molar-refractivity contribution in [3.8, 4) is 0 Å². The average Bonchev–Trinajstić information content (AvgIpc) is 2.33. The van der Waals surface area contributed by atoms with Crippen LogP contribution >= 0.6 is 0 Å². The van der Waals surface area contributed by atoms with Crippen molar-refractivity contribution in [3.05, 3.63) is 0 Å². The molecule has 4 nitrogen and oxygen atoms in total. The minimum Gasteiger partial charge on any atom is -0.481 e. The van der Waals surface area contributed by atoms with Crippen LogP contribution in [0.3, 0.4) is 0 Å². The molecule has 0 saturated heterocycles. The first-order valence-electron chi connectivity index (χ1n) is 7.09. The molecule has 1 amide bonds. The summed E-state index contributed by atoms with van der Waals surface area (Å²) in [4.78, 5) is 22.9. The van der Waals surface area contributed by atoms with Gasteiger partial charge in [0.1, 0.15) is 0 Å². The van der Waals surface area contributed by atoms with Gasteiger partial charge in [-0.05, 0) is 25.2 Å². The van der Waals surface area contributed by atoms with Crippen LogP contribution in [0.15, 0.2) is 0 Å². The number of carbonyl (C=O) groups is 2. The highest BCUT2D eigenvalue weighted by molar-refractivity contribution is 5.79. The summed E-state index contributed by atoms with van der Waals surface area (Å²) in [5.74, 6) is -4.70. The van der Waals surface area contributed by atoms with Crippen molar-refractivity contribution < 1.29 is 23.5 Å². The van der Waals surface area contributed by atoms with Gasteiger partial charge in [-0.3, -0.25) is 9.59 Å². The maximum absolute atomic E-state index is 13.0. The van der Waals surface area contributed by atoms with E-state index in [1.54, 1.807) is 0 Å². The number of hydrogen-bond acceptors (Lipinski definition) is 2. The molecule has 1 saturated carbocycles. The lowest BCUT2D eigenvalue weighted by atomic mass is 9.86. The van der Waals surface area contributed by atoms with Crippen LogP contribution in [-0.2, 0) is 9.59 Å². The molecule has 2 N–H and O–H groups in total. The van der Waals surface area contributed by atoms with Crippen LogP contribution in [0.25, 0.3) is 0 Å². The molecule has 1 aliphatic carbocycles. The lowest BCUT2D eigenvalue weighted by molar-refractivity contribution is -0.142. The number of carboxylic acids is 1. The third-order valence-electron chi connectivity index (χ3n) is 3.72. The average molecular weight is 291 g/mol. The summed E-state index contributed by atoms with van der Waals surface area (Å²) in [6, 6.07) is 0. The molecule has 0 aliphatic heterocycles. The normalized spacial score (nSPS) is 20.6. The maximum atomic E-state index is 13.0. The lowest BCUT2D eigenvalue weighted by Crippen LogP contribution is -2.39. The van der Waals surface area contributed by atoms with E-state index in [0.717, 1.165) is 0 Å². The first-order chi connectivity index (χ1) is 9.21. The highest BCUT2D eigenvalue weighted by atomic mass is 19.3. The number of hydrogen-bond donors (Lipinski definition) is 2. The number of carbonyl (C=O) groups excluding carboxylic acids is 1. The van der Waals surface area contributed by atoms with Crippen molar-refractivity contribution in [2.24, 2.45) is 17.8 Å². The van der Waals surface area contributed by atoms with Gasteiger partial charge in [-0.1, -0.05) is 13.8 Å². The molecule has 20 heavy (non-hydrogen) atoms. The molecule has 0 bridgehead atoms. The van der Waals surface area contributed by atoms with E-state index in [2.05, 4.69) is 5.32 Å². The second kappa shape index (κ2) is 6.99. The van der Waals surface area contributed by atoms with E-state index in [0.29, 0.717) is 6.42 Å². The summed E-state index contributed by atoms with van der Waals surface area (Å²) in [7, 11) is 0. The Morgan fingerprint density at radius 2 is 1.85 bits per heavy atom.